The number of benzene rings is 1. The molecule has 2 aromatic heterocycles. The zero-order chi connectivity index (χ0) is 27.0. The second kappa shape index (κ2) is 13.1. The Morgan fingerprint density at radius 3 is 2.59 bits per heavy atom. The molecule has 208 valence electrons. The first-order valence-electron chi connectivity index (χ1n) is 13.7. The van der Waals surface area contributed by atoms with Gasteiger partial charge in [0.2, 0.25) is 11.9 Å². The largest absolute Gasteiger partial charge is 0.396 e. The average molecular weight is 539 g/mol. The van der Waals surface area contributed by atoms with E-state index < -0.39 is 6.29 Å². The van der Waals surface area contributed by atoms with E-state index in [9.17, 15) is 9.18 Å². The summed E-state index contributed by atoms with van der Waals surface area (Å²) in [6.45, 7) is 1.18. The summed E-state index contributed by atoms with van der Waals surface area (Å²) in [7, 11) is 0. The van der Waals surface area contributed by atoms with Crippen LogP contribution in [-0.2, 0) is 20.7 Å². The van der Waals surface area contributed by atoms with Crippen LogP contribution in [0.5, 0.6) is 0 Å². The number of H-pyrrole nitrogens is 1. The fourth-order valence-electron chi connectivity index (χ4n) is 4.92. The maximum atomic E-state index is 13.6. The molecule has 1 amide bonds. The van der Waals surface area contributed by atoms with Crippen molar-refractivity contribution in [3.8, 4) is 22.6 Å². The number of hydrogen-bond donors (Lipinski definition) is 4. The molecule has 0 atom stereocenters. The van der Waals surface area contributed by atoms with Crippen LogP contribution in [0.25, 0.3) is 22.6 Å². The molecule has 10 nitrogen and oxygen atoms in total. The van der Waals surface area contributed by atoms with E-state index >= 15 is 0 Å². The Labute approximate surface area is 226 Å². The first-order chi connectivity index (χ1) is 19.1. The Balaban J connectivity index is 1.28. The monoisotopic (exact) mass is 538 g/mol. The van der Waals surface area contributed by atoms with E-state index in [1.165, 1.54) is 18.6 Å². The highest BCUT2D eigenvalue weighted by atomic mass is 19.1. The van der Waals surface area contributed by atoms with Gasteiger partial charge in [-0.05, 0) is 49.6 Å². The Morgan fingerprint density at radius 1 is 1.08 bits per heavy atom. The van der Waals surface area contributed by atoms with Crippen LogP contribution in [-0.4, -0.2) is 69.6 Å². The van der Waals surface area contributed by atoms with Gasteiger partial charge in [-0.15, -0.1) is 0 Å². The maximum Gasteiger partial charge on any atom is 0.228 e. The van der Waals surface area contributed by atoms with Crippen molar-refractivity contribution in [1.29, 1.82) is 0 Å². The summed E-state index contributed by atoms with van der Waals surface area (Å²) in [5, 5.41) is 15.3. The third-order valence-electron chi connectivity index (χ3n) is 7.05. The van der Waals surface area contributed by atoms with Crippen LogP contribution in [0.15, 0.2) is 36.5 Å². The van der Waals surface area contributed by atoms with Crippen molar-refractivity contribution in [3.63, 3.8) is 0 Å². The topological polar surface area (TPSA) is 134 Å². The predicted octanol–water partition coefficient (Wildman–Crippen LogP) is 3.45. The van der Waals surface area contributed by atoms with E-state index in [-0.39, 0.29) is 43.5 Å². The van der Waals surface area contributed by atoms with E-state index in [1.807, 2.05) is 0 Å². The van der Waals surface area contributed by atoms with Crippen LogP contribution in [0.4, 0.5) is 10.3 Å². The van der Waals surface area contributed by atoms with E-state index in [0.29, 0.717) is 48.2 Å². The Kier molecular flexibility index (Phi) is 9.12. The zero-order valence-corrected chi connectivity index (χ0v) is 21.9. The van der Waals surface area contributed by atoms with E-state index in [1.54, 1.807) is 24.4 Å². The van der Waals surface area contributed by atoms with Crippen LogP contribution >= 0.6 is 0 Å². The molecule has 0 unspecified atom stereocenters. The number of aromatic amines is 1. The van der Waals surface area contributed by atoms with Gasteiger partial charge >= 0.3 is 0 Å². The molecule has 11 heteroatoms. The molecule has 3 aromatic rings. The number of carbonyl (C=O) groups is 1. The minimum absolute atomic E-state index is 0.00797. The summed E-state index contributed by atoms with van der Waals surface area (Å²) in [5.41, 5.74) is 2.61. The number of halogens is 1. The molecule has 4 N–H and O–H groups in total. The average Bonchev–Trinajstić information content (AvgIpc) is 3.38. The lowest BCUT2D eigenvalue weighted by Crippen LogP contribution is -2.46. The minimum Gasteiger partial charge on any atom is -0.396 e. The quantitative estimate of drug-likeness (QED) is 0.289. The zero-order valence-electron chi connectivity index (χ0n) is 21.9. The Hall–Kier alpha value is -3.41. The molecular formula is C28H35FN6O4. The number of imidazole rings is 1. The standard InChI is InChI=1S/C28H35FN6O4/c29-20-9-7-18(8-10-20)25-26(22-11-13-31-28(33-22)30-12-4-14-36)35-23(34-25)15-24-38-16-19(17-39-24)27(37)32-21-5-2-1-3-6-21/h7-11,13,19,21,24,36H,1-6,12,14-17H2,(H,32,37)(H,34,35)(H,30,31,33). The number of nitrogens with one attached hydrogen (secondary N) is 3. The second-order valence-corrected chi connectivity index (χ2v) is 10.0. The van der Waals surface area contributed by atoms with Crippen molar-refractivity contribution >= 4 is 11.9 Å². The third kappa shape index (κ3) is 7.17. The molecular weight excluding hydrogens is 503 g/mol. The molecule has 0 spiro atoms. The number of aliphatic hydroxyl groups excluding tert-OH is 1. The number of rotatable bonds is 10. The molecule has 2 fully saturated rings. The fourth-order valence-corrected chi connectivity index (χ4v) is 4.92. The number of ether oxygens (including phenoxy) is 2. The second-order valence-electron chi connectivity index (χ2n) is 10.0. The number of nitrogens with zero attached hydrogens (tertiary/aromatic N) is 3. The number of anilines is 1. The molecule has 3 heterocycles. The van der Waals surface area contributed by atoms with Crippen molar-refractivity contribution in [3.05, 3.63) is 48.2 Å². The molecule has 0 radical (unpaired) electrons. The first kappa shape index (κ1) is 27.2. The minimum atomic E-state index is -0.551. The molecule has 1 saturated carbocycles. The van der Waals surface area contributed by atoms with E-state index in [2.05, 4.69) is 25.6 Å². The number of aromatic nitrogens is 4. The SMILES string of the molecule is O=C(NC1CCCCC1)C1COC(Cc2nc(-c3ccc(F)cc3)c(-c3ccnc(NCCCO)n3)[nH]2)OC1. The van der Waals surface area contributed by atoms with Crippen LogP contribution in [0.3, 0.4) is 0 Å². The van der Waals surface area contributed by atoms with Crippen molar-refractivity contribution in [2.75, 3.05) is 31.7 Å². The fraction of sp³-hybridized carbons (Fsp3) is 0.500. The molecule has 2 aliphatic rings. The van der Waals surface area contributed by atoms with Crippen LogP contribution in [0, 0.1) is 11.7 Å². The Bertz CT molecular complexity index is 1220. The van der Waals surface area contributed by atoms with Gasteiger partial charge in [0.05, 0.1) is 42.6 Å². The van der Waals surface area contributed by atoms with E-state index in [0.717, 1.165) is 31.2 Å². The lowest BCUT2D eigenvalue weighted by atomic mass is 9.95. The van der Waals surface area contributed by atoms with Crippen molar-refractivity contribution in [2.45, 2.75) is 57.3 Å². The lowest BCUT2D eigenvalue weighted by Gasteiger charge is -2.30. The van der Waals surface area contributed by atoms with Gasteiger partial charge in [-0.25, -0.2) is 19.3 Å². The highest BCUT2D eigenvalue weighted by Crippen LogP contribution is 2.30. The van der Waals surface area contributed by atoms with Gasteiger partial charge in [0.25, 0.3) is 0 Å². The molecule has 1 aliphatic heterocycles. The van der Waals surface area contributed by atoms with Crippen LogP contribution in [0.1, 0.15) is 44.3 Å². The molecule has 0 bridgehead atoms. The first-order valence-corrected chi connectivity index (χ1v) is 13.7. The van der Waals surface area contributed by atoms with Crippen molar-refractivity contribution in [1.82, 2.24) is 25.3 Å². The maximum absolute atomic E-state index is 13.6. The van der Waals surface area contributed by atoms with Crippen LogP contribution in [0.2, 0.25) is 0 Å². The predicted molar refractivity (Wildman–Crippen MR) is 143 cm³/mol. The summed E-state index contributed by atoms with van der Waals surface area (Å²) >= 11 is 0. The van der Waals surface area contributed by atoms with Gasteiger partial charge in [0.15, 0.2) is 6.29 Å². The normalized spacial score (nSPS) is 20.1. The summed E-state index contributed by atoms with van der Waals surface area (Å²) < 4.78 is 25.4. The number of amides is 1. The van der Waals surface area contributed by atoms with Gasteiger partial charge in [0, 0.05) is 31.0 Å². The third-order valence-corrected chi connectivity index (χ3v) is 7.05. The number of aliphatic hydroxyl groups is 1. The number of hydrogen-bond acceptors (Lipinski definition) is 8. The van der Waals surface area contributed by atoms with Gasteiger partial charge < -0.3 is 30.2 Å². The smallest absolute Gasteiger partial charge is 0.228 e. The summed E-state index contributed by atoms with van der Waals surface area (Å²) in [6.07, 6.45) is 7.64. The highest BCUT2D eigenvalue weighted by Gasteiger charge is 2.30. The molecule has 39 heavy (non-hydrogen) atoms. The Morgan fingerprint density at radius 2 is 1.85 bits per heavy atom. The van der Waals surface area contributed by atoms with Crippen molar-refractivity contribution in [2.24, 2.45) is 5.92 Å². The lowest BCUT2D eigenvalue weighted by molar-refractivity contribution is -0.201. The van der Waals surface area contributed by atoms with Gasteiger partial charge in [-0.2, -0.15) is 0 Å². The highest BCUT2D eigenvalue weighted by molar-refractivity contribution is 5.79. The van der Waals surface area contributed by atoms with E-state index in [4.69, 9.17) is 19.6 Å². The van der Waals surface area contributed by atoms with Crippen LogP contribution < -0.4 is 10.6 Å². The molecule has 5 rings (SSSR count). The van der Waals surface area contributed by atoms with Gasteiger partial charge in [0.1, 0.15) is 11.6 Å². The summed E-state index contributed by atoms with van der Waals surface area (Å²) in [4.78, 5) is 29.7. The molecule has 1 saturated heterocycles. The molecule has 1 aliphatic carbocycles. The summed E-state index contributed by atoms with van der Waals surface area (Å²) in [5.74, 6) is 0.375. The molecule has 1 aromatic carbocycles. The van der Waals surface area contributed by atoms with Gasteiger partial charge in [-0.1, -0.05) is 19.3 Å². The summed E-state index contributed by atoms with van der Waals surface area (Å²) in [6, 6.07) is 8.14. The number of carbonyl (C=O) groups excluding carboxylic acids is 1. The van der Waals surface area contributed by atoms with Gasteiger partial charge in [-0.3, -0.25) is 4.79 Å². The van der Waals surface area contributed by atoms with Crippen molar-refractivity contribution < 1.29 is 23.8 Å².